The van der Waals surface area contributed by atoms with Crippen LogP contribution in [-0.2, 0) is 6.54 Å². The molecule has 0 aliphatic carbocycles. The van der Waals surface area contributed by atoms with Crippen LogP contribution in [0.15, 0.2) is 60.9 Å². The Labute approximate surface area is 123 Å². The minimum Gasteiger partial charge on any atom is -0.350 e. The van der Waals surface area contributed by atoms with Gasteiger partial charge in [-0.1, -0.05) is 24.3 Å². The normalized spacial score (nSPS) is 12.5. The van der Waals surface area contributed by atoms with Crippen molar-refractivity contribution >= 4 is 11.3 Å². The highest BCUT2D eigenvalue weighted by Crippen LogP contribution is 2.33. The van der Waals surface area contributed by atoms with Gasteiger partial charge in [0.1, 0.15) is 0 Å². The number of thiophene rings is 1. The Morgan fingerprint density at radius 2 is 1.80 bits per heavy atom. The van der Waals surface area contributed by atoms with Gasteiger partial charge in [-0.2, -0.15) is 0 Å². The predicted molar refractivity (Wildman–Crippen MR) is 85.9 cm³/mol. The van der Waals surface area contributed by atoms with Gasteiger partial charge in [-0.15, -0.1) is 11.3 Å². The van der Waals surface area contributed by atoms with Crippen LogP contribution in [0.3, 0.4) is 0 Å². The highest BCUT2D eigenvalue weighted by molar-refractivity contribution is 7.15. The van der Waals surface area contributed by atoms with E-state index in [2.05, 4.69) is 65.5 Å². The largest absolute Gasteiger partial charge is 0.350 e. The number of nitrogens with zero attached hydrogens (tertiary/aromatic N) is 1. The zero-order chi connectivity index (χ0) is 13.9. The maximum absolute atomic E-state index is 5.96. The third-order valence-corrected chi connectivity index (χ3v) is 4.70. The van der Waals surface area contributed by atoms with E-state index in [-0.39, 0.29) is 6.04 Å². The quantitative estimate of drug-likeness (QED) is 0.760. The lowest BCUT2D eigenvalue weighted by Gasteiger charge is -2.09. The molecule has 2 nitrogen and oxygen atoms in total. The summed E-state index contributed by atoms with van der Waals surface area (Å²) < 4.78 is 2.19. The first-order valence-corrected chi connectivity index (χ1v) is 7.60. The van der Waals surface area contributed by atoms with E-state index in [1.54, 1.807) is 11.3 Å². The van der Waals surface area contributed by atoms with Crippen LogP contribution in [0.4, 0.5) is 0 Å². The SMILES string of the molecule is C[C@@H](N)c1ccc(-c2ccccc2Cn2cccc2)s1. The molecule has 1 aromatic carbocycles. The van der Waals surface area contributed by atoms with Crippen LogP contribution >= 0.6 is 11.3 Å². The fourth-order valence-corrected chi connectivity index (χ4v) is 3.33. The number of benzene rings is 1. The molecule has 0 spiro atoms. The number of hydrogen-bond acceptors (Lipinski definition) is 2. The molecule has 2 aromatic heterocycles. The lowest BCUT2D eigenvalue weighted by atomic mass is 10.1. The van der Waals surface area contributed by atoms with Crippen LogP contribution in [0.5, 0.6) is 0 Å². The Bertz CT molecular complexity index is 681. The molecule has 102 valence electrons. The average molecular weight is 282 g/mol. The molecule has 0 amide bonds. The predicted octanol–water partition coefficient (Wildman–Crippen LogP) is 4.28. The molecule has 0 aliphatic heterocycles. The minimum atomic E-state index is 0.102. The van der Waals surface area contributed by atoms with Crippen molar-refractivity contribution in [1.29, 1.82) is 0 Å². The Hall–Kier alpha value is -1.84. The van der Waals surface area contributed by atoms with E-state index in [9.17, 15) is 0 Å². The first kappa shape index (κ1) is 13.2. The molecule has 0 radical (unpaired) electrons. The Kier molecular flexibility index (Phi) is 3.72. The molecular weight excluding hydrogens is 264 g/mol. The number of aromatic nitrogens is 1. The van der Waals surface area contributed by atoms with Crippen molar-refractivity contribution in [1.82, 2.24) is 4.57 Å². The van der Waals surface area contributed by atoms with Crippen molar-refractivity contribution < 1.29 is 0 Å². The van der Waals surface area contributed by atoms with Gasteiger partial charge in [-0.25, -0.2) is 0 Å². The van der Waals surface area contributed by atoms with Crippen molar-refractivity contribution in [2.24, 2.45) is 5.73 Å². The van der Waals surface area contributed by atoms with E-state index in [4.69, 9.17) is 5.73 Å². The van der Waals surface area contributed by atoms with Gasteiger partial charge >= 0.3 is 0 Å². The molecule has 0 bridgehead atoms. The van der Waals surface area contributed by atoms with Crippen LogP contribution in [-0.4, -0.2) is 4.57 Å². The fourth-order valence-electron chi connectivity index (χ4n) is 2.31. The summed E-state index contributed by atoms with van der Waals surface area (Å²) in [5.41, 5.74) is 8.60. The number of rotatable bonds is 4. The first-order valence-electron chi connectivity index (χ1n) is 6.78. The molecule has 2 N–H and O–H groups in total. The van der Waals surface area contributed by atoms with E-state index in [0.29, 0.717) is 0 Å². The van der Waals surface area contributed by atoms with Gasteiger partial charge in [0, 0.05) is 34.7 Å². The van der Waals surface area contributed by atoms with Crippen molar-refractivity contribution in [2.75, 3.05) is 0 Å². The molecule has 0 fully saturated rings. The summed E-state index contributed by atoms with van der Waals surface area (Å²) in [6.07, 6.45) is 4.19. The van der Waals surface area contributed by atoms with Crippen molar-refractivity contribution in [2.45, 2.75) is 19.5 Å². The smallest absolute Gasteiger partial charge is 0.0476 e. The van der Waals surface area contributed by atoms with E-state index >= 15 is 0 Å². The molecule has 3 rings (SSSR count). The Morgan fingerprint density at radius 3 is 2.50 bits per heavy atom. The Morgan fingerprint density at radius 1 is 1.05 bits per heavy atom. The first-order chi connectivity index (χ1) is 9.74. The van der Waals surface area contributed by atoms with E-state index < -0.39 is 0 Å². The van der Waals surface area contributed by atoms with Gasteiger partial charge < -0.3 is 10.3 Å². The highest BCUT2D eigenvalue weighted by Gasteiger charge is 2.09. The summed E-state index contributed by atoms with van der Waals surface area (Å²) in [6, 6.07) is 17.1. The van der Waals surface area contributed by atoms with Gasteiger partial charge in [0.15, 0.2) is 0 Å². The van der Waals surface area contributed by atoms with Crippen LogP contribution in [0, 0.1) is 0 Å². The van der Waals surface area contributed by atoms with E-state index in [1.807, 2.05) is 6.92 Å². The molecule has 3 heteroatoms. The van der Waals surface area contributed by atoms with Crippen molar-refractivity contribution in [3.63, 3.8) is 0 Å². The van der Waals surface area contributed by atoms with Crippen LogP contribution in [0.1, 0.15) is 23.4 Å². The molecule has 2 heterocycles. The van der Waals surface area contributed by atoms with Gasteiger partial charge in [0.2, 0.25) is 0 Å². The van der Waals surface area contributed by atoms with Crippen LogP contribution in [0.2, 0.25) is 0 Å². The third kappa shape index (κ3) is 2.69. The maximum atomic E-state index is 5.96. The average Bonchev–Trinajstić information content (AvgIpc) is 3.10. The minimum absolute atomic E-state index is 0.102. The molecule has 1 atom stereocenters. The zero-order valence-electron chi connectivity index (χ0n) is 11.5. The monoisotopic (exact) mass is 282 g/mol. The second kappa shape index (κ2) is 5.65. The lowest BCUT2D eigenvalue weighted by molar-refractivity contribution is 0.808. The topological polar surface area (TPSA) is 30.9 Å². The maximum Gasteiger partial charge on any atom is 0.0476 e. The van der Waals surface area contributed by atoms with Crippen LogP contribution < -0.4 is 5.73 Å². The summed E-state index contributed by atoms with van der Waals surface area (Å²) in [5.74, 6) is 0. The highest BCUT2D eigenvalue weighted by atomic mass is 32.1. The van der Waals surface area contributed by atoms with Crippen molar-refractivity contribution in [3.05, 3.63) is 71.4 Å². The standard InChI is InChI=1S/C17H18N2S/c1-13(18)16-8-9-17(20-16)15-7-3-2-6-14(15)12-19-10-4-5-11-19/h2-11,13H,12,18H2,1H3/t13-/m1/s1. The molecule has 3 aromatic rings. The summed E-state index contributed by atoms with van der Waals surface area (Å²) in [4.78, 5) is 2.52. The summed E-state index contributed by atoms with van der Waals surface area (Å²) in [5, 5.41) is 0. The molecular formula is C17H18N2S. The zero-order valence-corrected chi connectivity index (χ0v) is 12.3. The molecule has 0 saturated heterocycles. The fraction of sp³-hybridized carbons (Fsp3) is 0.176. The Balaban J connectivity index is 1.96. The summed E-state index contributed by atoms with van der Waals surface area (Å²) >= 11 is 1.79. The van der Waals surface area contributed by atoms with Crippen molar-refractivity contribution in [3.8, 4) is 10.4 Å². The number of nitrogens with two attached hydrogens (primary N) is 1. The molecule has 0 saturated carbocycles. The van der Waals surface area contributed by atoms with Gasteiger partial charge in [0.05, 0.1) is 0 Å². The molecule has 0 aliphatic rings. The number of hydrogen-bond donors (Lipinski definition) is 1. The van der Waals surface area contributed by atoms with Crippen LogP contribution in [0.25, 0.3) is 10.4 Å². The lowest BCUT2D eigenvalue weighted by Crippen LogP contribution is -2.01. The third-order valence-electron chi connectivity index (χ3n) is 3.38. The molecule has 20 heavy (non-hydrogen) atoms. The van der Waals surface area contributed by atoms with E-state index in [1.165, 1.54) is 20.9 Å². The van der Waals surface area contributed by atoms with Gasteiger partial charge in [-0.05, 0) is 42.3 Å². The summed E-state index contributed by atoms with van der Waals surface area (Å²) in [6.45, 7) is 2.93. The summed E-state index contributed by atoms with van der Waals surface area (Å²) in [7, 11) is 0. The second-order valence-corrected chi connectivity index (χ2v) is 6.12. The van der Waals surface area contributed by atoms with Gasteiger partial charge in [-0.3, -0.25) is 0 Å². The molecule has 0 unspecified atom stereocenters. The van der Waals surface area contributed by atoms with E-state index in [0.717, 1.165) is 6.54 Å². The second-order valence-electron chi connectivity index (χ2n) is 5.00. The van der Waals surface area contributed by atoms with Gasteiger partial charge in [0.25, 0.3) is 0 Å².